The highest BCUT2D eigenvalue weighted by Gasteiger charge is 2.18. The number of benzene rings is 1. The van der Waals surface area contributed by atoms with Gasteiger partial charge in [-0.15, -0.1) is 0 Å². The number of nitrogens with two attached hydrogens (primary N) is 1. The van der Waals surface area contributed by atoms with Gasteiger partial charge in [-0.05, 0) is 25.1 Å². The van der Waals surface area contributed by atoms with Crippen LogP contribution in [0.15, 0.2) is 53.1 Å². The number of aryl methyl sites for hydroxylation is 1. The minimum Gasteiger partial charge on any atom is -0.464 e. The van der Waals surface area contributed by atoms with E-state index >= 15 is 0 Å². The van der Waals surface area contributed by atoms with Crippen molar-refractivity contribution in [2.45, 2.75) is 6.92 Å². The monoisotopic (exact) mass is 276 g/mol. The number of furan rings is 1. The van der Waals surface area contributed by atoms with Crippen LogP contribution < -0.4 is 10.7 Å². The highest BCUT2D eigenvalue weighted by atomic mass is 16.3. The maximum atomic E-state index is 9.30. The van der Waals surface area contributed by atoms with Gasteiger partial charge in [0.2, 0.25) is 0 Å². The van der Waals surface area contributed by atoms with Gasteiger partial charge in [0.15, 0.2) is 5.56 Å². The quantitative estimate of drug-likeness (QED) is 0.780. The average molecular weight is 276 g/mol. The molecule has 0 amide bonds. The van der Waals surface area contributed by atoms with E-state index in [2.05, 4.69) is 11.1 Å². The second-order valence-electron chi connectivity index (χ2n) is 4.84. The summed E-state index contributed by atoms with van der Waals surface area (Å²) in [6.45, 7) is 2.04. The zero-order valence-corrected chi connectivity index (χ0v) is 11.6. The molecule has 2 heterocycles. The number of rotatable bonds is 2. The highest BCUT2D eigenvalue weighted by Crippen LogP contribution is 2.29. The number of H-pyrrole nitrogens is 1. The van der Waals surface area contributed by atoms with Crippen molar-refractivity contribution in [3.8, 4) is 28.7 Å². The largest absolute Gasteiger partial charge is 0.464 e. The Bertz CT molecular complexity index is 812. The van der Waals surface area contributed by atoms with Crippen LogP contribution in [0.2, 0.25) is 0 Å². The van der Waals surface area contributed by atoms with Crippen molar-refractivity contribution in [2.24, 2.45) is 0 Å². The summed E-state index contributed by atoms with van der Waals surface area (Å²) in [4.78, 5) is 3.08. The molecule has 0 spiro atoms. The van der Waals surface area contributed by atoms with Gasteiger partial charge in [-0.25, -0.2) is 4.98 Å². The molecule has 3 aromatic rings. The third-order valence-corrected chi connectivity index (χ3v) is 3.36. The van der Waals surface area contributed by atoms with E-state index in [1.807, 2.05) is 43.3 Å². The topological polar surface area (TPSA) is 77.1 Å². The Morgan fingerprint density at radius 1 is 1.19 bits per heavy atom. The molecule has 2 aromatic heterocycles. The SMILES string of the molecule is Cc1ccc(-c2cc(-c3ccco3)c(C#N)c(N)[nH+]2)cc1. The van der Waals surface area contributed by atoms with Crippen LogP contribution >= 0.6 is 0 Å². The molecule has 4 nitrogen and oxygen atoms in total. The molecule has 21 heavy (non-hydrogen) atoms. The average Bonchev–Trinajstić information content (AvgIpc) is 3.01. The van der Waals surface area contributed by atoms with E-state index in [0.717, 1.165) is 11.3 Å². The second-order valence-corrected chi connectivity index (χ2v) is 4.84. The van der Waals surface area contributed by atoms with Gasteiger partial charge >= 0.3 is 0 Å². The summed E-state index contributed by atoms with van der Waals surface area (Å²) in [6, 6.07) is 15.7. The van der Waals surface area contributed by atoms with Crippen molar-refractivity contribution < 1.29 is 9.40 Å². The molecule has 0 aliphatic carbocycles. The Morgan fingerprint density at radius 3 is 2.57 bits per heavy atom. The molecule has 3 N–H and O–H groups in total. The van der Waals surface area contributed by atoms with Gasteiger partial charge < -0.3 is 4.42 Å². The molecule has 0 bridgehead atoms. The van der Waals surface area contributed by atoms with Gasteiger partial charge in [0.1, 0.15) is 17.5 Å². The van der Waals surface area contributed by atoms with Gasteiger partial charge in [-0.2, -0.15) is 5.26 Å². The van der Waals surface area contributed by atoms with Gasteiger partial charge in [0, 0.05) is 11.1 Å². The zero-order chi connectivity index (χ0) is 14.8. The predicted octanol–water partition coefficient (Wildman–Crippen LogP) is 3.19. The molecule has 0 saturated heterocycles. The lowest BCUT2D eigenvalue weighted by Gasteiger charge is -2.05. The first-order valence-corrected chi connectivity index (χ1v) is 6.56. The van der Waals surface area contributed by atoms with Gasteiger partial charge in [0.05, 0.1) is 6.26 Å². The molecule has 0 aliphatic heterocycles. The summed E-state index contributed by atoms with van der Waals surface area (Å²) in [5.74, 6) is 0.961. The van der Waals surface area contributed by atoms with Gasteiger partial charge in [-0.1, -0.05) is 29.8 Å². The fraction of sp³-hybridized carbons (Fsp3) is 0.0588. The van der Waals surface area contributed by atoms with E-state index in [-0.39, 0.29) is 0 Å². The first-order chi connectivity index (χ1) is 10.2. The number of aromatic amines is 1. The number of pyridine rings is 1. The number of nitriles is 1. The lowest BCUT2D eigenvalue weighted by atomic mass is 10.0. The van der Waals surface area contributed by atoms with Crippen LogP contribution in [0.1, 0.15) is 11.1 Å². The van der Waals surface area contributed by atoms with Crippen molar-refractivity contribution in [3.63, 3.8) is 0 Å². The van der Waals surface area contributed by atoms with Crippen molar-refractivity contribution in [1.29, 1.82) is 5.26 Å². The molecule has 1 aromatic carbocycles. The maximum absolute atomic E-state index is 9.30. The lowest BCUT2D eigenvalue weighted by Crippen LogP contribution is -2.16. The zero-order valence-electron chi connectivity index (χ0n) is 11.6. The fourth-order valence-corrected chi connectivity index (χ4v) is 2.24. The number of nitrogen functional groups attached to an aromatic ring is 1. The van der Waals surface area contributed by atoms with Crippen LogP contribution in [0.5, 0.6) is 0 Å². The fourth-order valence-electron chi connectivity index (χ4n) is 2.24. The van der Waals surface area contributed by atoms with Crippen molar-refractivity contribution in [1.82, 2.24) is 0 Å². The van der Waals surface area contributed by atoms with E-state index in [9.17, 15) is 5.26 Å². The third-order valence-electron chi connectivity index (χ3n) is 3.36. The first kappa shape index (κ1) is 12.9. The standard InChI is InChI=1S/C17H13N3O/c1-11-4-6-12(7-5-11)15-9-13(16-3-2-8-21-16)14(10-18)17(19)20-15/h2-9H,1H3,(H2,19,20)/p+1. The lowest BCUT2D eigenvalue weighted by molar-refractivity contribution is -0.346. The number of hydrogen-bond donors (Lipinski definition) is 1. The van der Waals surface area contributed by atoms with Crippen molar-refractivity contribution in [3.05, 3.63) is 59.9 Å². The predicted molar refractivity (Wildman–Crippen MR) is 80.0 cm³/mol. The van der Waals surface area contributed by atoms with Crippen molar-refractivity contribution >= 4 is 5.82 Å². The van der Waals surface area contributed by atoms with Crippen LogP contribution in [0.25, 0.3) is 22.6 Å². The van der Waals surface area contributed by atoms with Crippen LogP contribution in [-0.2, 0) is 0 Å². The van der Waals surface area contributed by atoms with E-state index in [0.29, 0.717) is 22.7 Å². The summed E-state index contributed by atoms with van der Waals surface area (Å²) in [5.41, 5.74) is 10.1. The minimum absolute atomic E-state index is 0.335. The Balaban J connectivity index is 2.21. The molecule has 0 aliphatic rings. The van der Waals surface area contributed by atoms with Crippen LogP contribution in [-0.4, -0.2) is 0 Å². The molecule has 0 fully saturated rings. The Labute approximate surface area is 122 Å². The first-order valence-electron chi connectivity index (χ1n) is 6.56. The number of nitrogens with zero attached hydrogens (tertiary/aromatic N) is 1. The molecule has 0 saturated carbocycles. The van der Waals surface area contributed by atoms with Crippen LogP contribution in [0, 0.1) is 18.3 Å². The molecule has 4 heteroatoms. The molecule has 0 atom stereocenters. The van der Waals surface area contributed by atoms with E-state index in [1.165, 1.54) is 5.56 Å². The van der Waals surface area contributed by atoms with Gasteiger partial charge in [0.25, 0.3) is 5.82 Å². The summed E-state index contributed by atoms with van der Waals surface area (Å²) in [6.07, 6.45) is 1.58. The smallest absolute Gasteiger partial charge is 0.289 e. The summed E-state index contributed by atoms with van der Waals surface area (Å²) in [5, 5.41) is 9.30. The van der Waals surface area contributed by atoms with Crippen LogP contribution in [0.3, 0.4) is 0 Å². The minimum atomic E-state index is 0.335. The Morgan fingerprint density at radius 2 is 1.95 bits per heavy atom. The third kappa shape index (κ3) is 2.37. The maximum Gasteiger partial charge on any atom is 0.289 e. The van der Waals surface area contributed by atoms with E-state index in [1.54, 1.807) is 12.3 Å². The molecule has 0 radical (unpaired) electrons. The molecular formula is C17H14N3O+. The van der Waals surface area contributed by atoms with Crippen LogP contribution in [0.4, 0.5) is 5.82 Å². The van der Waals surface area contributed by atoms with E-state index < -0.39 is 0 Å². The molecule has 0 unspecified atom stereocenters. The molecule has 102 valence electrons. The number of anilines is 1. The summed E-state index contributed by atoms with van der Waals surface area (Å²) < 4.78 is 5.41. The number of aromatic nitrogens is 1. The molecule has 3 rings (SSSR count). The molecular weight excluding hydrogens is 262 g/mol. The number of nitrogens with one attached hydrogen (secondary N) is 1. The van der Waals surface area contributed by atoms with Gasteiger partial charge in [-0.3, -0.25) is 5.73 Å². The normalized spacial score (nSPS) is 10.3. The second kappa shape index (κ2) is 5.14. The van der Waals surface area contributed by atoms with Crippen molar-refractivity contribution in [2.75, 3.05) is 5.73 Å². The highest BCUT2D eigenvalue weighted by molar-refractivity contribution is 5.75. The number of hydrogen-bond acceptors (Lipinski definition) is 3. The van der Waals surface area contributed by atoms with E-state index in [4.69, 9.17) is 10.2 Å². The summed E-state index contributed by atoms with van der Waals surface area (Å²) >= 11 is 0. The Kier molecular flexibility index (Phi) is 3.17. The summed E-state index contributed by atoms with van der Waals surface area (Å²) in [7, 11) is 0. The Hall–Kier alpha value is -3.06.